The van der Waals surface area contributed by atoms with Crippen LogP contribution in [0.1, 0.15) is 18.9 Å². The van der Waals surface area contributed by atoms with Gasteiger partial charge in [0, 0.05) is 0 Å². The van der Waals surface area contributed by atoms with E-state index in [0.29, 0.717) is 12.8 Å². The summed E-state index contributed by atoms with van der Waals surface area (Å²) >= 11 is 0. The van der Waals surface area contributed by atoms with Crippen LogP contribution in [0.5, 0.6) is 5.75 Å². The summed E-state index contributed by atoms with van der Waals surface area (Å²) in [7, 11) is 5.19. The Kier molecular flexibility index (Phi) is 4.69. The van der Waals surface area contributed by atoms with Gasteiger partial charge in [0.2, 0.25) is 0 Å². The highest BCUT2D eigenvalue weighted by Crippen LogP contribution is 2.22. The number of aryl methyl sites for hydroxylation is 1. The van der Waals surface area contributed by atoms with Crippen LogP contribution >= 0.6 is 0 Å². The molecule has 0 aliphatic rings. The van der Waals surface area contributed by atoms with Gasteiger partial charge >= 0.3 is 0 Å². The third-order valence-corrected chi connectivity index (χ3v) is 3.34. The molecular weight excluding hydrogens is 231 g/mol. The first-order valence-electron chi connectivity index (χ1n) is 5.84. The van der Waals surface area contributed by atoms with Gasteiger partial charge in [-0.2, -0.15) is 5.26 Å². The van der Waals surface area contributed by atoms with Gasteiger partial charge in [-0.05, 0) is 51.6 Å². The standard InChI is InChI=1S/C14H19FN2O/c1-14(10-16,17(2)3)8-7-11-5-6-13(18-4)12(15)9-11/h5-6,9H,7-8H2,1-4H3. The van der Waals surface area contributed by atoms with Crippen LogP contribution in [0, 0.1) is 17.1 Å². The molecule has 0 aliphatic heterocycles. The van der Waals surface area contributed by atoms with Gasteiger partial charge in [-0.25, -0.2) is 4.39 Å². The van der Waals surface area contributed by atoms with Crippen LogP contribution in [0.3, 0.4) is 0 Å². The van der Waals surface area contributed by atoms with E-state index in [4.69, 9.17) is 4.74 Å². The van der Waals surface area contributed by atoms with Crippen molar-refractivity contribution in [3.05, 3.63) is 29.6 Å². The van der Waals surface area contributed by atoms with Crippen molar-refractivity contribution in [2.45, 2.75) is 25.3 Å². The van der Waals surface area contributed by atoms with Crippen molar-refractivity contribution in [1.82, 2.24) is 4.90 Å². The van der Waals surface area contributed by atoms with Crippen LogP contribution in [0.15, 0.2) is 18.2 Å². The average Bonchev–Trinajstić information content (AvgIpc) is 2.35. The number of hydrogen-bond donors (Lipinski definition) is 0. The molecule has 0 fully saturated rings. The summed E-state index contributed by atoms with van der Waals surface area (Å²) in [5.41, 5.74) is 0.341. The molecule has 1 aromatic rings. The van der Waals surface area contributed by atoms with E-state index in [1.165, 1.54) is 13.2 Å². The molecule has 0 N–H and O–H groups in total. The van der Waals surface area contributed by atoms with Crippen molar-refractivity contribution >= 4 is 0 Å². The Hall–Kier alpha value is -1.60. The molecule has 0 aliphatic carbocycles. The highest BCUT2D eigenvalue weighted by atomic mass is 19.1. The van der Waals surface area contributed by atoms with Crippen LogP contribution in [0.4, 0.5) is 4.39 Å². The zero-order valence-corrected chi connectivity index (χ0v) is 11.3. The Morgan fingerprint density at radius 1 is 1.44 bits per heavy atom. The number of ether oxygens (including phenoxy) is 1. The summed E-state index contributed by atoms with van der Waals surface area (Å²) in [5, 5.41) is 9.18. The van der Waals surface area contributed by atoms with E-state index in [9.17, 15) is 9.65 Å². The van der Waals surface area contributed by atoms with E-state index < -0.39 is 5.54 Å². The summed E-state index contributed by atoms with van der Waals surface area (Å²) in [6, 6.07) is 7.20. The molecule has 18 heavy (non-hydrogen) atoms. The highest BCUT2D eigenvalue weighted by molar-refractivity contribution is 5.29. The smallest absolute Gasteiger partial charge is 0.165 e. The van der Waals surface area contributed by atoms with E-state index in [-0.39, 0.29) is 11.6 Å². The SMILES string of the molecule is COc1ccc(CCC(C)(C#N)N(C)C)cc1F. The second kappa shape index (κ2) is 5.83. The molecule has 1 unspecified atom stereocenters. The molecule has 98 valence electrons. The van der Waals surface area contributed by atoms with Gasteiger partial charge in [0.05, 0.1) is 13.2 Å². The number of benzene rings is 1. The molecule has 0 radical (unpaired) electrons. The number of methoxy groups -OCH3 is 1. The van der Waals surface area contributed by atoms with E-state index in [0.717, 1.165) is 5.56 Å². The monoisotopic (exact) mass is 250 g/mol. The van der Waals surface area contributed by atoms with Gasteiger partial charge in [-0.15, -0.1) is 0 Å². The lowest BCUT2D eigenvalue weighted by Crippen LogP contribution is -2.40. The molecular formula is C14H19FN2O. The number of hydrogen-bond acceptors (Lipinski definition) is 3. The molecule has 0 saturated heterocycles. The van der Waals surface area contributed by atoms with Crippen LogP contribution < -0.4 is 4.74 Å². The van der Waals surface area contributed by atoms with Crippen LogP contribution in [-0.2, 0) is 6.42 Å². The first-order chi connectivity index (χ1) is 8.42. The van der Waals surface area contributed by atoms with Gasteiger partial charge < -0.3 is 4.74 Å². The Bertz CT molecular complexity index is 454. The fraction of sp³-hybridized carbons (Fsp3) is 0.500. The predicted octanol–water partition coefficient (Wildman–Crippen LogP) is 2.61. The molecule has 0 aromatic heterocycles. The molecule has 0 bridgehead atoms. The van der Waals surface area contributed by atoms with E-state index in [1.807, 2.05) is 32.0 Å². The minimum absolute atomic E-state index is 0.245. The van der Waals surface area contributed by atoms with Gasteiger partial charge in [-0.3, -0.25) is 4.90 Å². The molecule has 1 atom stereocenters. The Labute approximate surface area is 108 Å². The van der Waals surface area contributed by atoms with Crippen molar-refractivity contribution in [2.24, 2.45) is 0 Å². The highest BCUT2D eigenvalue weighted by Gasteiger charge is 2.26. The van der Waals surface area contributed by atoms with Gasteiger partial charge in [0.1, 0.15) is 5.54 Å². The van der Waals surface area contributed by atoms with Gasteiger partial charge in [0.25, 0.3) is 0 Å². The van der Waals surface area contributed by atoms with Crippen molar-refractivity contribution in [1.29, 1.82) is 5.26 Å². The molecule has 0 saturated carbocycles. The summed E-state index contributed by atoms with van der Waals surface area (Å²) in [6.07, 6.45) is 1.31. The minimum atomic E-state index is -0.531. The molecule has 0 heterocycles. The summed E-state index contributed by atoms with van der Waals surface area (Å²) in [5.74, 6) is -0.118. The Morgan fingerprint density at radius 2 is 2.11 bits per heavy atom. The summed E-state index contributed by atoms with van der Waals surface area (Å²) in [6.45, 7) is 1.88. The second-order valence-electron chi connectivity index (χ2n) is 4.75. The van der Waals surface area contributed by atoms with Crippen molar-refractivity contribution in [3.8, 4) is 11.8 Å². The lowest BCUT2D eigenvalue weighted by atomic mass is 9.93. The third-order valence-electron chi connectivity index (χ3n) is 3.34. The summed E-state index contributed by atoms with van der Waals surface area (Å²) in [4.78, 5) is 1.88. The van der Waals surface area contributed by atoms with E-state index >= 15 is 0 Å². The maximum atomic E-state index is 13.5. The van der Waals surface area contributed by atoms with Gasteiger partial charge in [0.15, 0.2) is 11.6 Å². The molecule has 1 aromatic carbocycles. The average molecular weight is 250 g/mol. The molecule has 0 spiro atoms. The lowest BCUT2D eigenvalue weighted by Gasteiger charge is -2.29. The first kappa shape index (κ1) is 14.5. The number of halogens is 1. The number of nitriles is 1. The van der Waals surface area contributed by atoms with Gasteiger partial charge in [-0.1, -0.05) is 6.07 Å². The normalized spacial score (nSPS) is 14.1. The minimum Gasteiger partial charge on any atom is -0.494 e. The zero-order valence-electron chi connectivity index (χ0n) is 11.3. The fourth-order valence-electron chi connectivity index (χ4n) is 1.63. The topological polar surface area (TPSA) is 36.3 Å². The van der Waals surface area contributed by atoms with Crippen molar-refractivity contribution < 1.29 is 9.13 Å². The molecule has 3 nitrogen and oxygen atoms in total. The number of nitrogens with zero attached hydrogens (tertiary/aromatic N) is 2. The van der Waals surface area contributed by atoms with Crippen LogP contribution in [0.25, 0.3) is 0 Å². The van der Waals surface area contributed by atoms with Crippen LogP contribution in [-0.4, -0.2) is 31.6 Å². The molecule has 0 amide bonds. The maximum absolute atomic E-state index is 13.5. The van der Waals surface area contributed by atoms with Crippen molar-refractivity contribution in [2.75, 3.05) is 21.2 Å². The van der Waals surface area contributed by atoms with E-state index in [1.54, 1.807) is 6.07 Å². The Balaban J connectivity index is 2.75. The summed E-state index contributed by atoms with van der Waals surface area (Å²) < 4.78 is 18.4. The fourth-order valence-corrected chi connectivity index (χ4v) is 1.63. The largest absolute Gasteiger partial charge is 0.494 e. The van der Waals surface area contributed by atoms with E-state index in [2.05, 4.69) is 6.07 Å². The predicted molar refractivity (Wildman–Crippen MR) is 69.0 cm³/mol. The van der Waals surface area contributed by atoms with Crippen molar-refractivity contribution in [3.63, 3.8) is 0 Å². The quantitative estimate of drug-likeness (QED) is 0.806. The lowest BCUT2D eigenvalue weighted by molar-refractivity contribution is 0.224. The van der Waals surface area contributed by atoms with Crippen LogP contribution in [0.2, 0.25) is 0 Å². The number of rotatable bonds is 5. The molecule has 4 heteroatoms. The Morgan fingerprint density at radius 3 is 2.56 bits per heavy atom. The first-order valence-corrected chi connectivity index (χ1v) is 5.84. The third kappa shape index (κ3) is 3.21. The second-order valence-corrected chi connectivity index (χ2v) is 4.75. The molecule has 1 rings (SSSR count). The zero-order chi connectivity index (χ0) is 13.8. The maximum Gasteiger partial charge on any atom is 0.165 e.